The lowest BCUT2D eigenvalue weighted by Crippen LogP contribution is -1.99. The van der Waals surface area contributed by atoms with Crippen molar-refractivity contribution in [2.24, 2.45) is 0 Å². The molecule has 0 saturated heterocycles. The summed E-state index contributed by atoms with van der Waals surface area (Å²) in [6.07, 6.45) is 7.13. The number of nitrogens with one attached hydrogen (secondary N) is 1. The fourth-order valence-electron chi connectivity index (χ4n) is 1.75. The molecule has 0 fully saturated rings. The lowest BCUT2D eigenvalue weighted by molar-refractivity contribution is 0.0997. The van der Waals surface area contributed by atoms with Crippen LogP contribution in [0.2, 0.25) is 0 Å². The van der Waals surface area contributed by atoms with Crippen LogP contribution in [0.15, 0.2) is 42.0 Å². The van der Waals surface area contributed by atoms with Crippen molar-refractivity contribution in [2.75, 3.05) is 12.4 Å². The molecule has 0 unspecified atom stereocenters. The first-order valence-corrected chi connectivity index (χ1v) is 7.65. The molecule has 0 aliphatic heterocycles. The van der Waals surface area contributed by atoms with Crippen molar-refractivity contribution in [1.82, 2.24) is 0 Å². The summed E-state index contributed by atoms with van der Waals surface area (Å²) in [6.45, 7) is 9.88. The summed E-state index contributed by atoms with van der Waals surface area (Å²) >= 11 is 1.66. The van der Waals surface area contributed by atoms with Crippen molar-refractivity contribution in [3.63, 3.8) is 0 Å². The molecule has 3 heteroatoms. The van der Waals surface area contributed by atoms with Crippen molar-refractivity contribution in [3.05, 3.63) is 52.5 Å². The smallest absolute Gasteiger partial charge is 0.169 e. The number of hydrogen-bond acceptors (Lipinski definition) is 3. The third-order valence-electron chi connectivity index (χ3n) is 3.26. The molecule has 0 spiro atoms. The zero-order valence-electron chi connectivity index (χ0n) is 12.7. The van der Waals surface area contributed by atoms with Gasteiger partial charge in [-0.2, -0.15) is 0 Å². The molecule has 0 radical (unpaired) electrons. The molecule has 1 N–H and O–H groups in total. The predicted molar refractivity (Wildman–Crippen MR) is 89.9 cm³/mol. The number of hydrogen-bond donors (Lipinski definition) is 1. The van der Waals surface area contributed by atoms with Gasteiger partial charge in [0.2, 0.25) is 0 Å². The first-order valence-electron chi connectivity index (χ1n) is 6.83. The monoisotopic (exact) mass is 289 g/mol. The van der Waals surface area contributed by atoms with Gasteiger partial charge in [-0.05, 0) is 37.5 Å². The van der Waals surface area contributed by atoms with E-state index in [-0.39, 0.29) is 5.78 Å². The maximum Gasteiger partial charge on any atom is 0.169 e. The minimum atomic E-state index is 0.158. The molecule has 0 aromatic carbocycles. The predicted octanol–water partition coefficient (Wildman–Crippen LogP) is 5.00. The van der Waals surface area contributed by atoms with Crippen LogP contribution in [-0.4, -0.2) is 12.8 Å². The summed E-state index contributed by atoms with van der Waals surface area (Å²) in [5.41, 5.74) is 3.08. The molecule has 0 aliphatic rings. The highest BCUT2D eigenvalue weighted by Gasteiger charge is 2.13. The third kappa shape index (κ3) is 4.20. The van der Waals surface area contributed by atoms with Crippen LogP contribution in [-0.2, 0) is 6.42 Å². The molecule has 2 nitrogen and oxygen atoms in total. The Hall–Kier alpha value is -1.61. The lowest BCUT2D eigenvalue weighted by Gasteiger charge is -2.00. The molecular weight excluding hydrogens is 266 g/mol. The summed E-state index contributed by atoms with van der Waals surface area (Å²) < 4.78 is 0. The Morgan fingerprint density at radius 3 is 2.65 bits per heavy atom. The number of Topliss-reactive ketones (excluding diaryl/α,β-unsaturated/α-hetero) is 1. The van der Waals surface area contributed by atoms with Gasteiger partial charge in [-0.3, -0.25) is 4.79 Å². The van der Waals surface area contributed by atoms with E-state index in [4.69, 9.17) is 0 Å². The molecule has 108 valence electrons. The van der Waals surface area contributed by atoms with E-state index < -0.39 is 0 Å². The molecule has 1 aromatic rings. The van der Waals surface area contributed by atoms with E-state index in [2.05, 4.69) is 18.8 Å². The van der Waals surface area contributed by atoms with E-state index in [0.717, 1.165) is 28.1 Å². The second-order valence-electron chi connectivity index (χ2n) is 4.66. The average Bonchev–Trinajstić information content (AvgIpc) is 2.89. The number of carbonyl (C=O) groups excluding carboxylic acids is 1. The number of aryl methyl sites for hydroxylation is 1. The van der Waals surface area contributed by atoms with Crippen LogP contribution in [0.5, 0.6) is 0 Å². The Kier molecular flexibility index (Phi) is 6.46. The van der Waals surface area contributed by atoms with Gasteiger partial charge in [-0.1, -0.05) is 31.7 Å². The van der Waals surface area contributed by atoms with Crippen molar-refractivity contribution in [1.29, 1.82) is 0 Å². The van der Waals surface area contributed by atoms with E-state index in [1.807, 2.05) is 45.2 Å². The average molecular weight is 289 g/mol. The Morgan fingerprint density at radius 2 is 2.10 bits per heavy atom. The van der Waals surface area contributed by atoms with Gasteiger partial charge in [0.05, 0.1) is 10.6 Å². The van der Waals surface area contributed by atoms with Gasteiger partial charge in [-0.15, -0.1) is 11.3 Å². The molecular formula is C17H23NOS. The van der Waals surface area contributed by atoms with Crippen molar-refractivity contribution < 1.29 is 4.79 Å². The second-order valence-corrected chi connectivity index (χ2v) is 5.80. The van der Waals surface area contributed by atoms with E-state index >= 15 is 0 Å². The lowest BCUT2D eigenvalue weighted by atomic mass is 10.1. The molecule has 0 aliphatic carbocycles. The molecule has 0 atom stereocenters. The summed E-state index contributed by atoms with van der Waals surface area (Å²) in [7, 11) is 1.86. The Labute approximate surface area is 125 Å². The van der Waals surface area contributed by atoms with E-state index in [1.165, 1.54) is 4.88 Å². The SMILES string of the molecule is C=C/C(C)=C(C)\C=C/CC(=O)c1cc(CC)sc1NC. The standard InChI is InChI=1S/C17H23NOS/c1-6-12(3)13(4)9-8-10-16(19)15-11-14(7-2)20-17(15)18-5/h6,8-9,11,18H,1,7,10H2,2-5H3/b9-8-,13-12-. The number of anilines is 1. The first kappa shape index (κ1) is 16.4. The van der Waals surface area contributed by atoms with Crippen molar-refractivity contribution in [3.8, 4) is 0 Å². The van der Waals surface area contributed by atoms with Crippen LogP contribution < -0.4 is 5.32 Å². The highest BCUT2D eigenvalue weighted by Crippen LogP contribution is 2.29. The Balaban J connectivity index is 2.80. The minimum absolute atomic E-state index is 0.158. The Morgan fingerprint density at radius 1 is 1.40 bits per heavy atom. The summed E-state index contributed by atoms with van der Waals surface area (Å²) in [6, 6.07) is 2.00. The molecule has 1 rings (SSSR count). The van der Waals surface area contributed by atoms with Gasteiger partial charge in [0, 0.05) is 18.3 Å². The maximum absolute atomic E-state index is 12.3. The zero-order chi connectivity index (χ0) is 15.1. The highest BCUT2D eigenvalue weighted by molar-refractivity contribution is 7.16. The Bertz CT molecular complexity index is 549. The molecule has 0 amide bonds. The fourth-order valence-corrected chi connectivity index (χ4v) is 2.72. The van der Waals surface area contributed by atoms with Crippen molar-refractivity contribution in [2.45, 2.75) is 33.6 Å². The van der Waals surface area contributed by atoms with E-state index in [9.17, 15) is 4.79 Å². The third-order valence-corrected chi connectivity index (χ3v) is 4.56. The molecule has 0 saturated carbocycles. The number of thiophene rings is 1. The second kappa shape index (κ2) is 7.85. The van der Waals surface area contributed by atoms with Crippen LogP contribution in [0, 0.1) is 0 Å². The normalized spacial score (nSPS) is 12.4. The van der Waals surface area contributed by atoms with E-state index in [0.29, 0.717) is 6.42 Å². The van der Waals surface area contributed by atoms with Crippen LogP contribution in [0.4, 0.5) is 5.00 Å². The summed E-state index contributed by atoms with van der Waals surface area (Å²) in [5.74, 6) is 0.158. The van der Waals surface area contributed by atoms with Gasteiger partial charge < -0.3 is 5.32 Å². The van der Waals surface area contributed by atoms with Gasteiger partial charge in [0.15, 0.2) is 5.78 Å². The van der Waals surface area contributed by atoms with Gasteiger partial charge in [-0.25, -0.2) is 0 Å². The van der Waals surface area contributed by atoms with E-state index in [1.54, 1.807) is 11.3 Å². The largest absolute Gasteiger partial charge is 0.379 e. The number of rotatable bonds is 7. The molecule has 20 heavy (non-hydrogen) atoms. The highest BCUT2D eigenvalue weighted by atomic mass is 32.1. The topological polar surface area (TPSA) is 29.1 Å². The number of carbonyl (C=O) groups is 1. The summed E-state index contributed by atoms with van der Waals surface area (Å²) in [4.78, 5) is 13.5. The fraction of sp³-hybridized carbons (Fsp3) is 0.353. The molecule has 0 bridgehead atoms. The van der Waals surface area contributed by atoms with Gasteiger partial charge in [0.25, 0.3) is 0 Å². The van der Waals surface area contributed by atoms with Gasteiger partial charge >= 0.3 is 0 Å². The van der Waals surface area contributed by atoms with Crippen LogP contribution >= 0.6 is 11.3 Å². The zero-order valence-corrected chi connectivity index (χ0v) is 13.6. The molecule has 1 heterocycles. The molecule has 1 aromatic heterocycles. The van der Waals surface area contributed by atoms with Gasteiger partial charge in [0.1, 0.15) is 0 Å². The van der Waals surface area contributed by atoms with Crippen molar-refractivity contribution >= 4 is 22.1 Å². The number of ketones is 1. The minimum Gasteiger partial charge on any atom is -0.379 e. The number of allylic oxidation sites excluding steroid dienone is 5. The summed E-state index contributed by atoms with van der Waals surface area (Å²) in [5, 5.41) is 4.08. The van der Waals surface area contributed by atoms with Crippen LogP contribution in [0.3, 0.4) is 0 Å². The van der Waals surface area contributed by atoms with Crippen LogP contribution in [0.25, 0.3) is 0 Å². The first-order chi connectivity index (χ1) is 9.53. The van der Waals surface area contributed by atoms with Crippen LogP contribution in [0.1, 0.15) is 42.4 Å². The maximum atomic E-state index is 12.3. The quantitative estimate of drug-likeness (QED) is 0.565.